The number of likely N-dealkylation sites (tertiary alicyclic amines) is 1. The van der Waals surface area contributed by atoms with Crippen LogP contribution in [0.4, 0.5) is 5.69 Å². The van der Waals surface area contributed by atoms with Crippen LogP contribution in [0.1, 0.15) is 17.0 Å². The van der Waals surface area contributed by atoms with E-state index in [1.54, 1.807) is 7.11 Å². The second kappa shape index (κ2) is 7.00. The normalized spacial score (nSPS) is 21.8. The first kappa shape index (κ1) is 16.9. The van der Waals surface area contributed by atoms with Crippen molar-refractivity contribution in [3.8, 4) is 5.75 Å². The van der Waals surface area contributed by atoms with Crippen molar-refractivity contribution in [2.24, 2.45) is 5.73 Å². The van der Waals surface area contributed by atoms with Gasteiger partial charge in [-0.3, -0.25) is 4.79 Å². The third kappa shape index (κ3) is 3.15. The monoisotopic (exact) mass is 351 g/mol. The quantitative estimate of drug-likeness (QED) is 0.915. The van der Waals surface area contributed by atoms with Crippen molar-refractivity contribution in [2.45, 2.75) is 18.4 Å². The third-order valence-electron chi connectivity index (χ3n) is 5.55. The number of hydrogen-bond donors (Lipinski definition) is 1. The van der Waals surface area contributed by atoms with E-state index < -0.39 is 0 Å². The number of carbonyl (C=O) groups excluding carboxylic acids is 1. The van der Waals surface area contributed by atoms with Gasteiger partial charge in [-0.15, -0.1) is 0 Å². The molecule has 1 amide bonds. The lowest BCUT2D eigenvalue weighted by molar-refractivity contribution is -0.128. The highest BCUT2D eigenvalue weighted by Gasteiger charge is 2.35. The van der Waals surface area contributed by atoms with Gasteiger partial charge in [-0.1, -0.05) is 30.3 Å². The van der Waals surface area contributed by atoms with Crippen molar-refractivity contribution in [2.75, 3.05) is 38.2 Å². The van der Waals surface area contributed by atoms with E-state index in [9.17, 15) is 4.79 Å². The number of amides is 1. The van der Waals surface area contributed by atoms with Gasteiger partial charge in [-0.2, -0.15) is 0 Å². The fourth-order valence-corrected chi connectivity index (χ4v) is 4.09. The van der Waals surface area contributed by atoms with Gasteiger partial charge in [0.2, 0.25) is 5.91 Å². The van der Waals surface area contributed by atoms with E-state index in [4.69, 9.17) is 10.5 Å². The van der Waals surface area contributed by atoms with E-state index in [-0.39, 0.29) is 17.9 Å². The largest absolute Gasteiger partial charge is 0.497 e. The maximum atomic E-state index is 12.9. The van der Waals surface area contributed by atoms with Crippen LogP contribution in [0.25, 0.3) is 0 Å². The SMILES string of the molecule is COc1cccc([C@H]2CN(C(=O)CN3CCc4ccccc43)C[C@@H]2N)c1. The first-order valence-corrected chi connectivity index (χ1v) is 9.16. The minimum atomic E-state index is -0.0445. The predicted molar refractivity (Wildman–Crippen MR) is 103 cm³/mol. The zero-order valence-corrected chi connectivity index (χ0v) is 15.1. The Morgan fingerprint density at radius 3 is 2.88 bits per heavy atom. The first-order valence-electron chi connectivity index (χ1n) is 9.16. The Hall–Kier alpha value is -2.53. The van der Waals surface area contributed by atoms with Crippen LogP contribution in [0.5, 0.6) is 5.75 Å². The highest BCUT2D eigenvalue weighted by molar-refractivity contribution is 5.83. The molecule has 2 aliphatic heterocycles. The second-order valence-electron chi connectivity index (χ2n) is 7.15. The van der Waals surface area contributed by atoms with Crippen LogP contribution in [0, 0.1) is 0 Å². The van der Waals surface area contributed by atoms with E-state index in [0.717, 1.165) is 24.3 Å². The number of carbonyl (C=O) groups is 1. The van der Waals surface area contributed by atoms with Gasteiger partial charge in [-0.25, -0.2) is 0 Å². The van der Waals surface area contributed by atoms with E-state index in [1.165, 1.54) is 11.3 Å². The third-order valence-corrected chi connectivity index (χ3v) is 5.55. The fraction of sp³-hybridized carbons (Fsp3) is 0.381. The number of methoxy groups -OCH3 is 1. The molecule has 136 valence electrons. The molecule has 2 aromatic carbocycles. The molecular weight excluding hydrogens is 326 g/mol. The van der Waals surface area contributed by atoms with Gasteiger partial charge in [0.05, 0.1) is 13.7 Å². The van der Waals surface area contributed by atoms with Gasteiger partial charge in [-0.05, 0) is 35.7 Å². The number of benzene rings is 2. The van der Waals surface area contributed by atoms with E-state index >= 15 is 0 Å². The standard InChI is InChI=1S/C21H25N3O2/c1-26-17-7-4-6-16(11-17)18-12-24(13-19(18)22)21(25)14-23-10-9-15-5-2-3-8-20(15)23/h2-8,11,18-19H,9-10,12-14,22H2,1H3/t18-,19+/m1/s1. The summed E-state index contributed by atoms with van der Waals surface area (Å²) in [5.41, 5.74) is 10.0. The van der Waals surface area contributed by atoms with Crippen molar-refractivity contribution in [1.29, 1.82) is 0 Å². The van der Waals surface area contributed by atoms with Crippen LogP contribution in [-0.4, -0.2) is 50.1 Å². The minimum Gasteiger partial charge on any atom is -0.497 e. The topological polar surface area (TPSA) is 58.8 Å². The molecule has 1 fully saturated rings. The van der Waals surface area contributed by atoms with Gasteiger partial charge >= 0.3 is 0 Å². The van der Waals surface area contributed by atoms with Crippen LogP contribution in [0.15, 0.2) is 48.5 Å². The molecule has 2 aromatic rings. The Morgan fingerprint density at radius 2 is 2.04 bits per heavy atom. The lowest BCUT2D eigenvalue weighted by Crippen LogP contribution is -2.39. The van der Waals surface area contributed by atoms with Crippen LogP contribution >= 0.6 is 0 Å². The molecule has 0 unspecified atom stereocenters. The van der Waals surface area contributed by atoms with E-state index in [1.807, 2.05) is 29.2 Å². The average molecular weight is 351 g/mol. The van der Waals surface area contributed by atoms with Crippen molar-refractivity contribution in [3.63, 3.8) is 0 Å². The molecule has 26 heavy (non-hydrogen) atoms. The minimum absolute atomic E-state index is 0.0445. The Labute approximate surface area is 154 Å². The van der Waals surface area contributed by atoms with Gasteiger partial charge in [0, 0.05) is 37.3 Å². The maximum absolute atomic E-state index is 12.9. The molecule has 5 heteroatoms. The summed E-state index contributed by atoms with van der Waals surface area (Å²) in [6.07, 6.45) is 1.01. The van der Waals surface area contributed by atoms with Gasteiger partial charge < -0.3 is 20.3 Å². The molecule has 5 nitrogen and oxygen atoms in total. The summed E-state index contributed by atoms with van der Waals surface area (Å²) < 4.78 is 5.32. The lowest BCUT2D eigenvalue weighted by Gasteiger charge is -2.23. The molecule has 0 aliphatic carbocycles. The molecule has 1 saturated heterocycles. The van der Waals surface area contributed by atoms with Crippen molar-refractivity contribution in [3.05, 3.63) is 59.7 Å². The predicted octanol–water partition coefficient (Wildman–Crippen LogP) is 2.01. The van der Waals surface area contributed by atoms with Crippen molar-refractivity contribution < 1.29 is 9.53 Å². The summed E-state index contributed by atoms with van der Waals surface area (Å²) in [6, 6.07) is 16.3. The summed E-state index contributed by atoms with van der Waals surface area (Å²) in [5.74, 6) is 1.13. The number of ether oxygens (including phenoxy) is 1. The van der Waals surface area contributed by atoms with Crippen molar-refractivity contribution in [1.82, 2.24) is 4.90 Å². The maximum Gasteiger partial charge on any atom is 0.242 e. The number of nitrogens with two attached hydrogens (primary N) is 1. The molecule has 0 radical (unpaired) electrons. The Morgan fingerprint density at radius 1 is 1.19 bits per heavy atom. The molecule has 2 atom stereocenters. The van der Waals surface area contributed by atoms with Gasteiger partial charge in [0.25, 0.3) is 0 Å². The van der Waals surface area contributed by atoms with Crippen LogP contribution < -0.4 is 15.4 Å². The molecule has 2 heterocycles. The lowest BCUT2D eigenvalue weighted by atomic mass is 9.95. The van der Waals surface area contributed by atoms with E-state index in [0.29, 0.717) is 19.6 Å². The Bertz CT molecular complexity index is 807. The number of hydrogen-bond acceptors (Lipinski definition) is 4. The highest BCUT2D eigenvalue weighted by atomic mass is 16.5. The van der Waals surface area contributed by atoms with Crippen LogP contribution in [0.2, 0.25) is 0 Å². The number of para-hydroxylation sites is 1. The van der Waals surface area contributed by atoms with Gasteiger partial charge in [0.15, 0.2) is 0 Å². The number of nitrogens with zero attached hydrogens (tertiary/aromatic N) is 2. The Kier molecular flexibility index (Phi) is 4.55. The van der Waals surface area contributed by atoms with E-state index in [2.05, 4.69) is 29.2 Å². The molecule has 0 aromatic heterocycles. The van der Waals surface area contributed by atoms with Crippen LogP contribution in [0.3, 0.4) is 0 Å². The fourth-order valence-electron chi connectivity index (χ4n) is 4.09. The zero-order valence-electron chi connectivity index (χ0n) is 15.1. The molecule has 0 spiro atoms. The molecule has 2 N–H and O–H groups in total. The molecule has 4 rings (SSSR count). The van der Waals surface area contributed by atoms with Crippen LogP contribution in [-0.2, 0) is 11.2 Å². The first-order chi connectivity index (χ1) is 12.7. The van der Waals surface area contributed by atoms with Crippen molar-refractivity contribution >= 4 is 11.6 Å². The Balaban J connectivity index is 1.43. The number of anilines is 1. The second-order valence-corrected chi connectivity index (χ2v) is 7.15. The zero-order chi connectivity index (χ0) is 18.1. The summed E-state index contributed by atoms with van der Waals surface area (Å²) in [7, 11) is 1.66. The molecule has 2 aliphatic rings. The van der Waals surface area contributed by atoms with Gasteiger partial charge in [0.1, 0.15) is 5.75 Å². The molecule has 0 saturated carbocycles. The molecule has 0 bridgehead atoms. The molecular formula is C21H25N3O2. The number of rotatable bonds is 4. The average Bonchev–Trinajstić information content (AvgIpc) is 3.26. The summed E-state index contributed by atoms with van der Waals surface area (Å²) in [5, 5.41) is 0. The summed E-state index contributed by atoms with van der Waals surface area (Å²) >= 11 is 0. The summed E-state index contributed by atoms with van der Waals surface area (Å²) in [6.45, 7) is 2.61. The smallest absolute Gasteiger partial charge is 0.242 e. The summed E-state index contributed by atoms with van der Waals surface area (Å²) in [4.78, 5) is 17.0. The number of fused-ring (bicyclic) bond motifs is 1. The highest BCUT2D eigenvalue weighted by Crippen LogP contribution is 2.30.